The van der Waals surface area contributed by atoms with Crippen LogP contribution in [0.2, 0.25) is 5.02 Å². The Bertz CT molecular complexity index is 1190. The van der Waals surface area contributed by atoms with Crippen molar-refractivity contribution in [1.29, 1.82) is 0 Å². The second-order valence-corrected chi connectivity index (χ2v) is 10.2. The maximum absolute atomic E-state index is 11.4. The standard InChI is InChI=1S/C24H26BrClN2O4S/c1-2-31-23-13-19(15-28-11-10-17-6-8-21(9-7-17)33(27,29)30)22(25)14-24(23)32-16-18-4-3-5-20(26)12-18/h3-9,12-14,28H,2,10-11,15-16H2,1H3,(H2,27,29,30). The first-order valence-electron chi connectivity index (χ1n) is 10.4. The van der Waals surface area contributed by atoms with Crippen LogP contribution in [-0.2, 0) is 29.6 Å². The third kappa shape index (κ3) is 7.72. The molecule has 176 valence electrons. The topological polar surface area (TPSA) is 90.6 Å². The molecule has 0 aliphatic carbocycles. The van der Waals surface area contributed by atoms with E-state index in [1.165, 1.54) is 12.1 Å². The van der Waals surface area contributed by atoms with Crippen LogP contribution < -0.4 is 19.9 Å². The summed E-state index contributed by atoms with van der Waals surface area (Å²) in [5.41, 5.74) is 3.04. The summed E-state index contributed by atoms with van der Waals surface area (Å²) in [5, 5.41) is 9.21. The molecule has 0 bridgehead atoms. The maximum atomic E-state index is 11.4. The third-order valence-electron chi connectivity index (χ3n) is 4.85. The first-order valence-corrected chi connectivity index (χ1v) is 13.1. The average molecular weight is 554 g/mol. The van der Waals surface area contributed by atoms with Crippen molar-refractivity contribution in [2.24, 2.45) is 5.14 Å². The lowest BCUT2D eigenvalue weighted by molar-refractivity contribution is 0.269. The van der Waals surface area contributed by atoms with Crippen molar-refractivity contribution >= 4 is 37.6 Å². The fourth-order valence-electron chi connectivity index (χ4n) is 3.18. The van der Waals surface area contributed by atoms with Gasteiger partial charge >= 0.3 is 0 Å². The van der Waals surface area contributed by atoms with E-state index in [-0.39, 0.29) is 4.90 Å². The summed E-state index contributed by atoms with van der Waals surface area (Å²) in [7, 11) is -3.67. The van der Waals surface area contributed by atoms with Crippen molar-refractivity contribution in [3.8, 4) is 11.5 Å². The zero-order valence-corrected chi connectivity index (χ0v) is 21.3. The van der Waals surface area contributed by atoms with Crippen molar-refractivity contribution in [3.63, 3.8) is 0 Å². The summed E-state index contributed by atoms with van der Waals surface area (Å²) in [4.78, 5) is 0.115. The Hall–Kier alpha value is -2.10. The summed E-state index contributed by atoms with van der Waals surface area (Å²) in [6, 6.07) is 18.0. The van der Waals surface area contributed by atoms with Crippen LogP contribution in [0, 0.1) is 0 Å². The molecule has 0 saturated heterocycles. The van der Waals surface area contributed by atoms with E-state index in [0.29, 0.717) is 36.3 Å². The fourth-order valence-corrected chi connectivity index (χ4v) is 4.37. The second-order valence-electron chi connectivity index (χ2n) is 7.36. The normalized spacial score (nSPS) is 11.4. The highest BCUT2D eigenvalue weighted by Crippen LogP contribution is 2.34. The van der Waals surface area contributed by atoms with E-state index in [0.717, 1.165) is 34.1 Å². The van der Waals surface area contributed by atoms with Crippen molar-refractivity contribution < 1.29 is 17.9 Å². The zero-order chi connectivity index (χ0) is 23.8. The molecule has 3 aromatic carbocycles. The van der Waals surface area contributed by atoms with Crippen LogP contribution >= 0.6 is 27.5 Å². The first-order chi connectivity index (χ1) is 15.8. The number of hydrogen-bond donors (Lipinski definition) is 2. The highest BCUT2D eigenvalue weighted by molar-refractivity contribution is 9.10. The van der Waals surface area contributed by atoms with E-state index < -0.39 is 10.0 Å². The van der Waals surface area contributed by atoms with E-state index in [4.69, 9.17) is 26.2 Å². The van der Waals surface area contributed by atoms with Crippen LogP contribution in [0.5, 0.6) is 11.5 Å². The Kier molecular flexibility index (Phi) is 9.17. The minimum atomic E-state index is -3.67. The average Bonchev–Trinajstić information content (AvgIpc) is 2.77. The van der Waals surface area contributed by atoms with Gasteiger partial charge in [0.15, 0.2) is 11.5 Å². The van der Waals surface area contributed by atoms with E-state index in [2.05, 4.69) is 21.2 Å². The molecule has 0 amide bonds. The number of halogens is 2. The number of benzene rings is 3. The molecule has 0 unspecified atom stereocenters. The highest BCUT2D eigenvalue weighted by Gasteiger charge is 2.12. The minimum absolute atomic E-state index is 0.115. The van der Waals surface area contributed by atoms with Gasteiger partial charge in [-0.1, -0.05) is 51.8 Å². The molecule has 9 heteroatoms. The van der Waals surface area contributed by atoms with Gasteiger partial charge in [-0.3, -0.25) is 0 Å². The van der Waals surface area contributed by atoms with Crippen LogP contribution in [0.1, 0.15) is 23.6 Å². The predicted molar refractivity (Wildman–Crippen MR) is 134 cm³/mol. The molecule has 0 saturated carbocycles. The summed E-state index contributed by atoms with van der Waals surface area (Å²) in [6.45, 7) is 4.19. The van der Waals surface area contributed by atoms with Gasteiger partial charge in [0.05, 0.1) is 11.5 Å². The van der Waals surface area contributed by atoms with Crippen LogP contribution in [0.25, 0.3) is 0 Å². The Morgan fingerprint density at radius 1 is 1.00 bits per heavy atom. The molecule has 0 aliphatic heterocycles. The lowest BCUT2D eigenvalue weighted by Gasteiger charge is -2.16. The Morgan fingerprint density at radius 2 is 1.73 bits per heavy atom. The molecule has 0 aliphatic rings. The highest BCUT2D eigenvalue weighted by atomic mass is 79.9. The number of sulfonamides is 1. The van der Waals surface area contributed by atoms with Gasteiger partial charge in [0, 0.05) is 16.0 Å². The smallest absolute Gasteiger partial charge is 0.238 e. The number of hydrogen-bond acceptors (Lipinski definition) is 5. The van der Waals surface area contributed by atoms with Gasteiger partial charge in [0.1, 0.15) is 6.61 Å². The largest absolute Gasteiger partial charge is 0.490 e. The van der Waals surface area contributed by atoms with Gasteiger partial charge in [-0.15, -0.1) is 0 Å². The van der Waals surface area contributed by atoms with Gasteiger partial charge in [-0.25, -0.2) is 13.6 Å². The number of ether oxygens (including phenoxy) is 2. The predicted octanol–water partition coefficient (Wildman–Crippen LogP) is 5.06. The van der Waals surface area contributed by atoms with Crippen molar-refractivity contribution in [3.05, 3.63) is 86.8 Å². The lowest BCUT2D eigenvalue weighted by atomic mass is 10.1. The van der Waals surface area contributed by atoms with E-state index >= 15 is 0 Å². The molecule has 33 heavy (non-hydrogen) atoms. The molecule has 0 atom stereocenters. The molecule has 0 aromatic heterocycles. The van der Waals surface area contributed by atoms with E-state index in [1.807, 2.05) is 43.3 Å². The van der Waals surface area contributed by atoms with E-state index in [9.17, 15) is 8.42 Å². The molecular weight excluding hydrogens is 528 g/mol. The van der Waals surface area contributed by atoms with Crippen molar-refractivity contribution in [1.82, 2.24) is 5.32 Å². The SMILES string of the molecule is CCOc1cc(CNCCc2ccc(S(N)(=O)=O)cc2)c(Br)cc1OCc1cccc(Cl)c1. The monoisotopic (exact) mass is 552 g/mol. The van der Waals surface area contributed by atoms with Gasteiger partial charge < -0.3 is 14.8 Å². The summed E-state index contributed by atoms with van der Waals surface area (Å²) < 4.78 is 35.4. The number of rotatable bonds is 11. The van der Waals surface area contributed by atoms with Gasteiger partial charge in [0.2, 0.25) is 10.0 Å². The summed E-state index contributed by atoms with van der Waals surface area (Å²) in [6.07, 6.45) is 0.752. The van der Waals surface area contributed by atoms with E-state index in [1.54, 1.807) is 12.1 Å². The quantitative estimate of drug-likeness (QED) is 0.324. The third-order valence-corrected chi connectivity index (χ3v) is 6.76. The van der Waals surface area contributed by atoms with Crippen molar-refractivity contribution in [2.45, 2.75) is 31.4 Å². The maximum Gasteiger partial charge on any atom is 0.238 e. The fraction of sp³-hybridized carbons (Fsp3) is 0.250. The van der Waals surface area contributed by atoms with Crippen molar-refractivity contribution in [2.75, 3.05) is 13.2 Å². The Morgan fingerprint density at radius 3 is 2.39 bits per heavy atom. The molecule has 0 heterocycles. The molecule has 0 radical (unpaired) electrons. The Labute approximate surface area is 208 Å². The molecule has 6 nitrogen and oxygen atoms in total. The van der Waals surface area contributed by atoms with Gasteiger partial charge in [0.25, 0.3) is 0 Å². The van der Waals surface area contributed by atoms with Crippen LogP contribution in [0.15, 0.2) is 70.0 Å². The molecule has 3 aromatic rings. The van der Waals surface area contributed by atoms with Crippen LogP contribution in [-0.4, -0.2) is 21.6 Å². The second kappa shape index (κ2) is 11.9. The number of nitrogens with two attached hydrogens (primary N) is 1. The first kappa shape index (κ1) is 25.5. The molecule has 3 rings (SSSR count). The summed E-state index contributed by atoms with van der Waals surface area (Å²) in [5.74, 6) is 1.33. The molecular formula is C24H26BrClN2O4S. The minimum Gasteiger partial charge on any atom is -0.490 e. The van der Waals surface area contributed by atoms with Crippen LogP contribution in [0.3, 0.4) is 0 Å². The molecule has 3 N–H and O–H groups in total. The lowest BCUT2D eigenvalue weighted by Crippen LogP contribution is -2.17. The van der Waals surface area contributed by atoms with Gasteiger partial charge in [-0.05, 0) is 73.0 Å². The van der Waals surface area contributed by atoms with Crippen LogP contribution in [0.4, 0.5) is 0 Å². The molecule has 0 fully saturated rings. The molecule has 0 spiro atoms. The van der Waals surface area contributed by atoms with Gasteiger partial charge in [-0.2, -0.15) is 0 Å². The summed E-state index contributed by atoms with van der Waals surface area (Å²) >= 11 is 9.68. The number of primary sulfonamides is 1. The Balaban J connectivity index is 1.59. The number of nitrogens with one attached hydrogen (secondary N) is 1. The zero-order valence-electron chi connectivity index (χ0n) is 18.2.